The summed E-state index contributed by atoms with van der Waals surface area (Å²) in [6.45, 7) is 2.10. The van der Waals surface area contributed by atoms with Gasteiger partial charge in [0.15, 0.2) is 0 Å². The van der Waals surface area contributed by atoms with Crippen LogP contribution in [0.4, 0.5) is 4.79 Å². The van der Waals surface area contributed by atoms with Crippen molar-refractivity contribution in [1.29, 1.82) is 0 Å². The molecule has 0 aliphatic heterocycles. The van der Waals surface area contributed by atoms with Gasteiger partial charge in [0.05, 0.1) is 5.71 Å². The molecular formula is C12H15N3O. The Bertz CT molecular complexity index is 452. The summed E-state index contributed by atoms with van der Waals surface area (Å²) in [5, 5.41) is 4.06. The molecular weight excluding hydrogens is 202 g/mol. The van der Waals surface area contributed by atoms with Crippen LogP contribution in [-0.2, 0) is 6.42 Å². The molecule has 2 rings (SSSR count). The van der Waals surface area contributed by atoms with Crippen molar-refractivity contribution in [3.05, 3.63) is 34.9 Å². The summed E-state index contributed by atoms with van der Waals surface area (Å²) in [4.78, 5) is 10.6. The molecule has 2 amide bonds. The lowest BCUT2D eigenvalue weighted by molar-refractivity contribution is 0.249. The molecule has 0 saturated carbocycles. The molecule has 0 heterocycles. The van der Waals surface area contributed by atoms with Crippen molar-refractivity contribution in [2.24, 2.45) is 10.8 Å². The number of primary amides is 1. The Balaban J connectivity index is 2.37. The Kier molecular flexibility index (Phi) is 2.90. The van der Waals surface area contributed by atoms with Gasteiger partial charge in [-0.1, -0.05) is 18.2 Å². The topological polar surface area (TPSA) is 67.5 Å². The standard InChI is InChI=1S/C12H15N3O/c1-8-4-2-6-10-9(8)5-3-7-11(10)14-15-12(13)16/h2,4,6H,3,5,7H2,1H3,(H3,13,15,16). The van der Waals surface area contributed by atoms with Crippen molar-refractivity contribution in [3.63, 3.8) is 0 Å². The largest absolute Gasteiger partial charge is 0.350 e. The molecule has 0 saturated heterocycles. The summed E-state index contributed by atoms with van der Waals surface area (Å²) >= 11 is 0. The zero-order chi connectivity index (χ0) is 11.5. The first-order valence-corrected chi connectivity index (χ1v) is 5.39. The van der Waals surface area contributed by atoms with E-state index in [-0.39, 0.29) is 0 Å². The fraction of sp³-hybridized carbons (Fsp3) is 0.333. The minimum absolute atomic E-state index is 0.618. The summed E-state index contributed by atoms with van der Waals surface area (Å²) < 4.78 is 0. The number of benzene rings is 1. The van der Waals surface area contributed by atoms with Crippen molar-refractivity contribution in [2.75, 3.05) is 0 Å². The van der Waals surface area contributed by atoms with E-state index in [1.165, 1.54) is 11.1 Å². The smallest absolute Gasteiger partial charge is 0.332 e. The van der Waals surface area contributed by atoms with Crippen molar-refractivity contribution in [1.82, 2.24) is 5.43 Å². The minimum atomic E-state index is -0.618. The van der Waals surface area contributed by atoms with Crippen LogP contribution < -0.4 is 11.2 Å². The molecule has 0 atom stereocenters. The van der Waals surface area contributed by atoms with Crippen molar-refractivity contribution in [3.8, 4) is 0 Å². The summed E-state index contributed by atoms with van der Waals surface area (Å²) in [6, 6.07) is 5.54. The fourth-order valence-electron chi connectivity index (χ4n) is 2.11. The molecule has 3 N–H and O–H groups in total. The molecule has 0 radical (unpaired) electrons. The van der Waals surface area contributed by atoms with Crippen LogP contribution in [0.3, 0.4) is 0 Å². The number of hydrazone groups is 1. The Morgan fingerprint density at radius 2 is 2.25 bits per heavy atom. The molecule has 4 nitrogen and oxygen atoms in total. The van der Waals surface area contributed by atoms with E-state index in [1.807, 2.05) is 12.1 Å². The number of hydrogen-bond donors (Lipinski definition) is 2. The molecule has 0 unspecified atom stereocenters. The lowest BCUT2D eigenvalue weighted by Crippen LogP contribution is -2.27. The maximum absolute atomic E-state index is 10.6. The van der Waals surface area contributed by atoms with Crippen molar-refractivity contribution >= 4 is 11.7 Å². The number of rotatable bonds is 1. The second-order valence-electron chi connectivity index (χ2n) is 3.99. The predicted octanol–water partition coefficient (Wildman–Crippen LogP) is 1.70. The Labute approximate surface area is 94.5 Å². The number of urea groups is 1. The molecule has 0 fully saturated rings. The Hall–Kier alpha value is -1.84. The highest BCUT2D eigenvalue weighted by molar-refractivity contribution is 6.03. The fourth-order valence-corrected chi connectivity index (χ4v) is 2.11. The van der Waals surface area contributed by atoms with Gasteiger partial charge in [-0.25, -0.2) is 10.2 Å². The van der Waals surface area contributed by atoms with Gasteiger partial charge in [0.25, 0.3) is 0 Å². The third-order valence-electron chi connectivity index (χ3n) is 2.86. The lowest BCUT2D eigenvalue weighted by atomic mass is 9.87. The lowest BCUT2D eigenvalue weighted by Gasteiger charge is -2.19. The highest BCUT2D eigenvalue weighted by atomic mass is 16.2. The molecule has 1 aromatic carbocycles. The van der Waals surface area contributed by atoms with Gasteiger partial charge < -0.3 is 5.73 Å². The zero-order valence-electron chi connectivity index (χ0n) is 9.29. The number of carbonyl (C=O) groups excluding carboxylic acids is 1. The van der Waals surface area contributed by atoms with Gasteiger partial charge in [-0.05, 0) is 37.3 Å². The molecule has 0 bridgehead atoms. The van der Waals surface area contributed by atoms with Crippen molar-refractivity contribution < 1.29 is 4.79 Å². The monoisotopic (exact) mass is 217 g/mol. The van der Waals surface area contributed by atoms with Crippen LogP contribution in [0.25, 0.3) is 0 Å². The Morgan fingerprint density at radius 1 is 1.44 bits per heavy atom. The highest BCUT2D eigenvalue weighted by Gasteiger charge is 2.16. The average molecular weight is 217 g/mol. The minimum Gasteiger partial charge on any atom is -0.350 e. The van der Waals surface area contributed by atoms with Gasteiger partial charge in [-0.15, -0.1) is 0 Å². The van der Waals surface area contributed by atoms with Crippen LogP contribution in [0.1, 0.15) is 29.5 Å². The summed E-state index contributed by atoms with van der Waals surface area (Å²) in [5.74, 6) is 0. The van der Waals surface area contributed by atoms with E-state index in [4.69, 9.17) is 5.73 Å². The van der Waals surface area contributed by atoms with E-state index < -0.39 is 6.03 Å². The van der Waals surface area contributed by atoms with E-state index in [9.17, 15) is 4.79 Å². The van der Waals surface area contributed by atoms with Crippen molar-refractivity contribution in [2.45, 2.75) is 26.2 Å². The maximum atomic E-state index is 10.6. The number of amides is 2. The third-order valence-corrected chi connectivity index (χ3v) is 2.86. The summed E-state index contributed by atoms with van der Waals surface area (Å²) in [6.07, 6.45) is 3.03. The molecule has 4 heteroatoms. The molecule has 1 aromatic rings. The second kappa shape index (κ2) is 4.35. The number of aryl methyl sites for hydroxylation is 1. The van der Waals surface area contributed by atoms with Crippen LogP contribution >= 0.6 is 0 Å². The number of nitrogens with one attached hydrogen (secondary N) is 1. The van der Waals surface area contributed by atoms with Gasteiger partial charge in [0.2, 0.25) is 0 Å². The van der Waals surface area contributed by atoms with Crippen LogP contribution in [0.15, 0.2) is 23.3 Å². The number of nitrogens with zero attached hydrogens (tertiary/aromatic N) is 1. The first-order valence-electron chi connectivity index (χ1n) is 5.39. The molecule has 1 aliphatic carbocycles. The second-order valence-corrected chi connectivity index (χ2v) is 3.99. The molecule has 16 heavy (non-hydrogen) atoms. The van der Waals surface area contributed by atoms with E-state index in [0.717, 1.165) is 30.5 Å². The molecule has 0 spiro atoms. The van der Waals surface area contributed by atoms with Crippen LogP contribution in [0, 0.1) is 6.92 Å². The van der Waals surface area contributed by atoms with Crippen LogP contribution in [-0.4, -0.2) is 11.7 Å². The van der Waals surface area contributed by atoms with Crippen LogP contribution in [0.2, 0.25) is 0 Å². The molecule has 1 aliphatic rings. The number of nitrogens with two attached hydrogens (primary N) is 1. The van der Waals surface area contributed by atoms with Gasteiger partial charge in [0.1, 0.15) is 0 Å². The van der Waals surface area contributed by atoms with Gasteiger partial charge in [0, 0.05) is 5.56 Å². The summed E-state index contributed by atoms with van der Waals surface area (Å²) in [5.41, 5.74) is 12.0. The Morgan fingerprint density at radius 3 is 3.00 bits per heavy atom. The average Bonchev–Trinajstić information content (AvgIpc) is 2.27. The van der Waals surface area contributed by atoms with Gasteiger partial charge in [-0.2, -0.15) is 5.10 Å². The third kappa shape index (κ3) is 2.05. The first kappa shape index (κ1) is 10.7. The molecule has 0 aromatic heterocycles. The number of carbonyl (C=O) groups is 1. The van der Waals surface area contributed by atoms with Crippen LogP contribution in [0.5, 0.6) is 0 Å². The first-order chi connectivity index (χ1) is 7.68. The van der Waals surface area contributed by atoms with E-state index in [0.29, 0.717) is 0 Å². The quantitative estimate of drug-likeness (QED) is 0.691. The predicted molar refractivity (Wildman–Crippen MR) is 63.4 cm³/mol. The van der Waals surface area contributed by atoms with Gasteiger partial charge >= 0.3 is 6.03 Å². The van der Waals surface area contributed by atoms with E-state index >= 15 is 0 Å². The zero-order valence-corrected chi connectivity index (χ0v) is 9.29. The maximum Gasteiger partial charge on any atom is 0.332 e. The number of hydrogen-bond acceptors (Lipinski definition) is 2. The van der Waals surface area contributed by atoms with E-state index in [2.05, 4.69) is 23.5 Å². The van der Waals surface area contributed by atoms with E-state index in [1.54, 1.807) is 0 Å². The highest BCUT2D eigenvalue weighted by Crippen LogP contribution is 2.24. The SMILES string of the molecule is Cc1cccc2c1CCCC2=NNC(N)=O. The van der Waals surface area contributed by atoms with Gasteiger partial charge in [-0.3, -0.25) is 0 Å². The number of fused-ring (bicyclic) bond motifs is 1. The summed E-state index contributed by atoms with van der Waals surface area (Å²) in [7, 11) is 0. The molecule has 84 valence electrons. The normalized spacial score (nSPS) is 16.9.